The molecule has 0 saturated carbocycles. The number of benzene rings is 9. The summed E-state index contributed by atoms with van der Waals surface area (Å²) in [4.78, 5) is 0. The Labute approximate surface area is 333 Å². The van der Waals surface area contributed by atoms with E-state index in [0.29, 0.717) is 0 Å². The molecule has 0 amide bonds. The second-order valence-corrected chi connectivity index (χ2v) is 15.3. The van der Waals surface area contributed by atoms with Crippen LogP contribution in [0.2, 0.25) is 0 Å². The molecule has 58 heavy (non-hydrogen) atoms. The number of fused-ring (bicyclic) bond motifs is 13. The van der Waals surface area contributed by atoms with Crippen molar-refractivity contribution in [3.63, 3.8) is 0 Å². The second kappa shape index (κ2) is 11.8. The van der Waals surface area contributed by atoms with Crippen LogP contribution >= 0.6 is 0 Å². The van der Waals surface area contributed by atoms with Crippen LogP contribution in [0.15, 0.2) is 206 Å². The largest absolute Gasteiger partial charge is 0.309 e. The van der Waals surface area contributed by atoms with E-state index in [9.17, 15) is 0 Å². The third-order valence-corrected chi connectivity index (χ3v) is 12.3. The van der Waals surface area contributed by atoms with Crippen LogP contribution in [-0.2, 0) is 0 Å². The first-order chi connectivity index (χ1) is 28.8. The van der Waals surface area contributed by atoms with Gasteiger partial charge in [0.25, 0.3) is 0 Å². The smallest absolute Gasteiger partial charge is 0.0641 e. The van der Waals surface area contributed by atoms with Crippen LogP contribution < -0.4 is 0 Å². The minimum atomic E-state index is 1.15. The summed E-state index contributed by atoms with van der Waals surface area (Å²) in [7, 11) is 0. The first-order valence-electron chi connectivity index (χ1n) is 20.0. The van der Waals surface area contributed by atoms with E-state index in [2.05, 4.69) is 225 Å². The normalized spacial score (nSPS) is 12.1. The lowest BCUT2D eigenvalue weighted by atomic mass is 10.1. The molecule has 0 fully saturated rings. The van der Waals surface area contributed by atoms with Gasteiger partial charge in [-0.3, -0.25) is 0 Å². The standard InChI is InChI=1S/C54H34N4/c1-3-17-35(18-4-1)55-43-26-12-8-22-39(43)51-46(55)29-15-31-48(51)57-45-28-14-10-24-41(45)53-50(57)34-33-38-37-21-7-11-25-42(37)58(54(38)53)49-32-16-30-47-52(49)40-23-9-13-27-44(40)56(47)36-19-5-2-6-20-36/h1-34H. The van der Waals surface area contributed by atoms with Gasteiger partial charge in [-0.2, -0.15) is 0 Å². The van der Waals surface area contributed by atoms with Crippen molar-refractivity contribution >= 4 is 87.2 Å². The minimum absolute atomic E-state index is 1.15. The van der Waals surface area contributed by atoms with Gasteiger partial charge in [-0.1, -0.05) is 127 Å². The summed E-state index contributed by atoms with van der Waals surface area (Å²) in [6.45, 7) is 0. The van der Waals surface area contributed by atoms with Crippen molar-refractivity contribution in [2.75, 3.05) is 0 Å². The summed E-state index contributed by atoms with van der Waals surface area (Å²) < 4.78 is 9.88. The molecule has 0 spiro atoms. The fraction of sp³-hybridized carbons (Fsp3) is 0. The molecule has 0 N–H and O–H groups in total. The van der Waals surface area contributed by atoms with Gasteiger partial charge in [0, 0.05) is 54.5 Å². The van der Waals surface area contributed by atoms with Gasteiger partial charge in [-0.25, -0.2) is 0 Å². The molecule has 0 bridgehead atoms. The van der Waals surface area contributed by atoms with Crippen LogP contribution in [0.3, 0.4) is 0 Å². The molecule has 13 rings (SSSR count). The molecule has 4 heteroatoms. The van der Waals surface area contributed by atoms with Gasteiger partial charge in [0.15, 0.2) is 0 Å². The van der Waals surface area contributed by atoms with Gasteiger partial charge >= 0.3 is 0 Å². The van der Waals surface area contributed by atoms with E-state index in [1.807, 2.05) is 0 Å². The Kier molecular flexibility index (Phi) is 6.41. The molecule has 4 nitrogen and oxygen atoms in total. The zero-order valence-electron chi connectivity index (χ0n) is 31.4. The number of aromatic nitrogens is 4. The van der Waals surface area contributed by atoms with E-state index in [0.717, 1.165) is 11.4 Å². The Hall–Kier alpha value is -7.82. The molecule has 270 valence electrons. The molecular formula is C54H34N4. The molecule has 0 unspecified atom stereocenters. The van der Waals surface area contributed by atoms with Crippen LogP contribution in [0, 0.1) is 0 Å². The molecule has 0 radical (unpaired) electrons. The zero-order chi connectivity index (χ0) is 37.9. The van der Waals surface area contributed by atoms with Gasteiger partial charge in [-0.05, 0) is 78.9 Å². The molecule has 0 aliphatic heterocycles. The van der Waals surface area contributed by atoms with Gasteiger partial charge in [0.1, 0.15) is 0 Å². The zero-order valence-corrected chi connectivity index (χ0v) is 31.4. The predicted molar refractivity (Wildman–Crippen MR) is 244 cm³/mol. The summed E-state index contributed by atoms with van der Waals surface area (Å²) in [5.41, 5.74) is 14.2. The van der Waals surface area contributed by atoms with Crippen LogP contribution in [0.4, 0.5) is 0 Å². The van der Waals surface area contributed by atoms with Gasteiger partial charge in [0.05, 0.1) is 55.5 Å². The van der Waals surface area contributed by atoms with E-state index < -0.39 is 0 Å². The molecule has 0 aliphatic rings. The van der Waals surface area contributed by atoms with Crippen LogP contribution in [0.25, 0.3) is 110 Å². The first kappa shape index (κ1) is 31.4. The van der Waals surface area contributed by atoms with E-state index in [4.69, 9.17) is 0 Å². The van der Waals surface area contributed by atoms with Crippen molar-refractivity contribution in [3.8, 4) is 22.7 Å². The monoisotopic (exact) mass is 738 g/mol. The van der Waals surface area contributed by atoms with Crippen molar-refractivity contribution in [3.05, 3.63) is 206 Å². The van der Waals surface area contributed by atoms with E-state index in [1.54, 1.807) is 0 Å². The highest BCUT2D eigenvalue weighted by molar-refractivity contribution is 6.28. The molecule has 4 heterocycles. The molecule has 0 saturated heterocycles. The summed E-state index contributed by atoms with van der Waals surface area (Å²) in [6.07, 6.45) is 0. The fourth-order valence-corrected chi connectivity index (χ4v) is 10.1. The van der Waals surface area contributed by atoms with E-state index >= 15 is 0 Å². The van der Waals surface area contributed by atoms with Gasteiger partial charge < -0.3 is 18.3 Å². The summed E-state index contributed by atoms with van der Waals surface area (Å²) >= 11 is 0. The lowest BCUT2D eigenvalue weighted by Gasteiger charge is -2.13. The van der Waals surface area contributed by atoms with Crippen LogP contribution in [0.1, 0.15) is 0 Å². The summed E-state index contributed by atoms with van der Waals surface area (Å²) in [5, 5.41) is 9.92. The highest BCUT2D eigenvalue weighted by atomic mass is 15.0. The Morgan fingerprint density at radius 1 is 0.207 bits per heavy atom. The highest BCUT2D eigenvalue weighted by Crippen LogP contribution is 2.46. The number of nitrogens with zero attached hydrogens (tertiary/aromatic N) is 4. The quantitative estimate of drug-likeness (QED) is 0.171. The SMILES string of the molecule is c1ccc(-n2c3ccccc3c3c(-n4c5ccccc5c5c4ccc4c6ccccc6n(-c6cccc7c6c6ccccc6n7-c6ccccc6)c45)cccc32)cc1. The molecule has 0 atom stereocenters. The van der Waals surface area contributed by atoms with Crippen molar-refractivity contribution in [2.45, 2.75) is 0 Å². The topological polar surface area (TPSA) is 19.7 Å². The summed E-state index contributed by atoms with van der Waals surface area (Å²) in [6, 6.07) is 75.3. The fourth-order valence-electron chi connectivity index (χ4n) is 10.1. The average Bonchev–Trinajstić information content (AvgIpc) is 4.02. The maximum absolute atomic E-state index is 2.55. The Morgan fingerprint density at radius 2 is 0.586 bits per heavy atom. The highest BCUT2D eigenvalue weighted by Gasteiger charge is 2.25. The van der Waals surface area contributed by atoms with Crippen LogP contribution in [-0.4, -0.2) is 18.3 Å². The number of hydrogen-bond acceptors (Lipinski definition) is 0. The Bertz CT molecular complexity index is 3780. The van der Waals surface area contributed by atoms with Crippen molar-refractivity contribution in [1.82, 2.24) is 18.3 Å². The van der Waals surface area contributed by atoms with Crippen molar-refractivity contribution in [2.24, 2.45) is 0 Å². The molecule has 0 aliphatic carbocycles. The van der Waals surface area contributed by atoms with Crippen molar-refractivity contribution in [1.29, 1.82) is 0 Å². The van der Waals surface area contributed by atoms with Gasteiger partial charge in [0.2, 0.25) is 0 Å². The maximum atomic E-state index is 2.55. The molecule has 9 aromatic carbocycles. The molecule has 13 aromatic rings. The molecule has 4 aromatic heterocycles. The molecular weight excluding hydrogens is 705 g/mol. The lowest BCUT2D eigenvalue weighted by Crippen LogP contribution is -1.98. The lowest BCUT2D eigenvalue weighted by molar-refractivity contribution is 1.17. The van der Waals surface area contributed by atoms with E-state index in [1.165, 1.54) is 98.6 Å². The Morgan fingerprint density at radius 3 is 1.12 bits per heavy atom. The minimum Gasteiger partial charge on any atom is -0.309 e. The maximum Gasteiger partial charge on any atom is 0.0641 e. The van der Waals surface area contributed by atoms with Gasteiger partial charge in [-0.15, -0.1) is 0 Å². The number of rotatable bonds is 4. The Balaban J connectivity index is 1.19. The van der Waals surface area contributed by atoms with E-state index in [-0.39, 0.29) is 0 Å². The predicted octanol–water partition coefficient (Wildman–Crippen LogP) is 14.1. The number of hydrogen-bond donors (Lipinski definition) is 0. The third-order valence-electron chi connectivity index (χ3n) is 12.3. The third kappa shape index (κ3) is 4.13. The van der Waals surface area contributed by atoms with Crippen LogP contribution in [0.5, 0.6) is 0 Å². The van der Waals surface area contributed by atoms with Crippen molar-refractivity contribution < 1.29 is 0 Å². The first-order valence-corrected chi connectivity index (χ1v) is 20.0. The number of para-hydroxylation sites is 6. The second-order valence-electron chi connectivity index (χ2n) is 15.3. The average molecular weight is 739 g/mol. The summed E-state index contributed by atoms with van der Waals surface area (Å²) in [5.74, 6) is 0.